The first-order valence-electron chi connectivity index (χ1n) is 4.95. The maximum Gasteiger partial charge on any atom is 0.179 e. The highest BCUT2D eigenvalue weighted by Crippen LogP contribution is 2.17. The number of sulfone groups is 1. The van der Waals surface area contributed by atoms with Gasteiger partial charge in [0.05, 0.1) is 0 Å². The molecule has 16 heavy (non-hydrogen) atoms. The third kappa shape index (κ3) is 3.46. The fraction of sp³-hybridized carbons (Fsp3) is 0.500. The first-order valence-corrected chi connectivity index (χ1v) is 6.84. The molecule has 0 aliphatic carbocycles. The van der Waals surface area contributed by atoms with E-state index < -0.39 is 9.84 Å². The molecule has 1 atom stereocenters. The van der Waals surface area contributed by atoms with Crippen LogP contribution in [0.4, 0.5) is 5.82 Å². The van der Waals surface area contributed by atoms with Gasteiger partial charge in [-0.05, 0) is 18.1 Å². The Morgan fingerprint density at radius 1 is 1.56 bits per heavy atom. The van der Waals surface area contributed by atoms with E-state index in [1.165, 1.54) is 12.3 Å². The third-order valence-corrected chi connectivity index (χ3v) is 3.23. The normalized spacial score (nSPS) is 13.4. The average molecular weight is 244 g/mol. The standard InChI is InChI=1S/C10H16N2O3S/c1-8(7-13)6-12-10-9(16(2,14)15)4-3-5-11-10/h3-5,8,13H,6-7H2,1-2H3,(H,11,12). The van der Waals surface area contributed by atoms with Crippen molar-refractivity contribution in [3.63, 3.8) is 0 Å². The number of pyridine rings is 1. The molecule has 0 radical (unpaired) electrons. The molecular formula is C10H16N2O3S. The predicted molar refractivity (Wildman–Crippen MR) is 62.1 cm³/mol. The minimum absolute atomic E-state index is 0.0496. The predicted octanol–water partition coefficient (Wildman–Crippen LogP) is 0.525. The smallest absolute Gasteiger partial charge is 0.179 e. The van der Waals surface area contributed by atoms with Crippen LogP contribution in [0.5, 0.6) is 0 Å². The molecule has 1 rings (SSSR count). The number of hydrogen-bond acceptors (Lipinski definition) is 5. The number of aliphatic hydroxyl groups excluding tert-OH is 1. The van der Waals surface area contributed by atoms with E-state index in [4.69, 9.17) is 5.11 Å². The van der Waals surface area contributed by atoms with Crippen LogP contribution in [0, 0.1) is 5.92 Å². The molecule has 1 aromatic rings. The van der Waals surface area contributed by atoms with E-state index in [0.29, 0.717) is 12.4 Å². The maximum atomic E-state index is 11.4. The van der Waals surface area contributed by atoms with Crippen molar-refractivity contribution in [3.8, 4) is 0 Å². The summed E-state index contributed by atoms with van der Waals surface area (Å²) in [5.74, 6) is 0.389. The van der Waals surface area contributed by atoms with Gasteiger partial charge in [-0.3, -0.25) is 0 Å². The molecule has 6 heteroatoms. The Labute approximate surface area is 95.4 Å². The molecule has 5 nitrogen and oxygen atoms in total. The van der Waals surface area contributed by atoms with Gasteiger partial charge in [0.15, 0.2) is 9.84 Å². The average Bonchev–Trinajstić information content (AvgIpc) is 2.25. The van der Waals surface area contributed by atoms with E-state index in [9.17, 15) is 8.42 Å². The highest BCUT2D eigenvalue weighted by molar-refractivity contribution is 7.90. The molecule has 0 aliphatic heterocycles. The van der Waals surface area contributed by atoms with Gasteiger partial charge < -0.3 is 10.4 Å². The van der Waals surface area contributed by atoms with Gasteiger partial charge >= 0.3 is 0 Å². The molecule has 1 aromatic heterocycles. The van der Waals surface area contributed by atoms with E-state index in [0.717, 1.165) is 6.26 Å². The van der Waals surface area contributed by atoms with Crippen LogP contribution in [0.2, 0.25) is 0 Å². The minimum atomic E-state index is -3.28. The SMILES string of the molecule is CC(CO)CNc1ncccc1S(C)(=O)=O. The van der Waals surface area contributed by atoms with Crippen LogP contribution in [-0.2, 0) is 9.84 Å². The number of nitrogens with one attached hydrogen (secondary N) is 1. The molecule has 0 aromatic carbocycles. The van der Waals surface area contributed by atoms with Crippen LogP contribution in [0.3, 0.4) is 0 Å². The third-order valence-electron chi connectivity index (χ3n) is 2.10. The molecule has 1 heterocycles. The van der Waals surface area contributed by atoms with Crippen LogP contribution in [0.25, 0.3) is 0 Å². The van der Waals surface area contributed by atoms with Gasteiger partial charge in [0.25, 0.3) is 0 Å². The fourth-order valence-electron chi connectivity index (χ4n) is 1.16. The van der Waals surface area contributed by atoms with Gasteiger partial charge in [-0.2, -0.15) is 0 Å². The summed E-state index contributed by atoms with van der Waals surface area (Å²) in [6.07, 6.45) is 2.67. The summed E-state index contributed by atoms with van der Waals surface area (Å²) < 4.78 is 22.9. The number of hydrogen-bond donors (Lipinski definition) is 2. The van der Waals surface area contributed by atoms with E-state index >= 15 is 0 Å². The fourth-order valence-corrected chi connectivity index (χ4v) is 1.96. The Bertz CT molecular complexity index is 445. The van der Waals surface area contributed by atoms with Gasteiger partial charge in [-0.1, -0.05) is 6.92 Å². The molecule has 0 spiro atoms. The second-order valence-electron chi connectivity index (χ2n) is 3.79. The Morgan fingerprint density at radius 3 is 2.81 bits per heavy atom. The maximum absolute atomic E-state index is 11.4. The Kier molecular flexibility index (Phi) is 4.26. The summed E-state index contributed by atoms with van der Waals surface area (Å²) in [5.41, 5.74) is 0. The number of anilines is 1. The van der Waals surface area contributed by atoms with Crippen LogP contribution in [0.15, 0.2) is 23.2 Å². The van der Waals surface area contributed by atoms with Crippen LogP contribution in [0.1, 0.15) is 6.92 Å². The number of aromatic nitrogens is 1. The lowest BCUT2D eigenvalue weighted by Gasteiger charge is -2.12. The zero-order chi connectivity index (χ0) is 12.2. The van der Waals surface area contributed by atoms with Gasteiger partial charge in [0.2, 0.25) is 0 Å². The molecule has 1 unspecified atom stereocenters. The topological polar surface area (TPSA) is 79.3 Å². The van der Waals surface area contributed by atoms with Crippen LogP contribution < -0.4 is 5.32 Å². The zero-order valence-electron chi connectivity index (χ0n) is 9.34. The number of rotatable bonds is 5. The van der Waals surface area contributed by atoms with E-state index in [2.05, 4.69) is 10.3 Å². The van der Waals surface area contributed by atoms with Gasteiger partial charge in [0, 0.05) is 25.6 Å². The van der Waals surface area contributed by atoms with Gasteiger partial charge in [-0.15, -0.1) is 0 Å². The summed E-state index contributed by atoms with van der Waals surface area (Å²) in [5, 5.41) is 11.8. The summed E-state index contributed by atoms with van der Waals surface area (Å²) in [7, 11) is -3.28. The molecule has 2 N–H and O–H groups in total. The second kappa shape index (κ2) is 5.27. The van der Waals surface area contributed by atoms with E-state index in [1.807, 2.05) is 6.92 Å². The van der Waals surface area contributed by atoms with Crippen LogP contribution in [-0.4, -0.2) is 37.9 Å². The largest absolute Gasteiger partial charge is 0.396 e. The van der Waals surface area contributed by atoms with Gasteiger partial charge in [0.1, 0.15) is 10.7 Å². The van der Waals surface area contributed by atoms with Crippen molar-refractivity contribution in [1.29, 1.82) is 0 Å². The van der Waals surface area contributed by atoms with E-state index in [-0.39, 0.29) is 17.4 Å². The quantitative estimate of drug-likeness (QED) is 0.789. The molecule has 0 saturated heterocycles. The molecule has 0 saturated carbocycles. The minimum Gasteiger partial charge on any atom is -0.396 e. The Hall–Kier alpha value is -1.14. The lowest BCUT2D eigenvalue weighted by molar-refractivity contribution is 0.244. The van der Waals surface area contributed by atoms with Crippen molar-refractivity contribution in [3.05, 3.63) is 18.3 Å². The lowest BCUT2D eigenvalue weighted by atomic mass is 10.2. The summed E-state index contributed by atoms with van der Waals surface area (Å²) in [6, 6.07) is 3.09. The lowest BCUT2D eigenvalue weighted by Crippen LogP contribution is -2.17. The van der Waals surface area contributed by atoms with Crippen molar-refractivity contribution in [1.82, 2.24) is 4.98 Å². The van der Waals surface area contributed by atoms with Crippen molar-refractivity contribution >= 4 is 15.7 Å². The molecule has 0 fully saturated rings. The molecule has 0 aliphatic rings. The molecule has 90 valence electrons. The number of aliphatic hydroxyl groups is 1. The zero-order valence-corrected chi connectivity index (χ0v) is 10.2. The highest BCUT2D eigenvalue weighted by atomic mass is 32.2. The highest BCUT2D eigenvalue weighted by Gasteiger charge is 2.13. The summed E-state index contributed by atoms with van der Waals surface area (Å²) >= 11 is 0. The van der Waals surface area contributed by atoms with Crippen molar-refractivity contribution in [2.24, 2.45) is 5.92 Å². The van der Waals surface area contributed by atoms with Crippen molar-refractivity contribution < 1.29 is 13.5 Å². The molecule has 0 bridgehead atoms. The monoisotopic (exact) mass is 244 g/mol. The van der Waals surface area contributed by atoms with Crippen LogP contribution >= 0.6 is 0 Å². The van der Waals surface area contributed by atoms with Crippen molar-refractivity contribution in [2.45, 2.75) is 11.8 Å². The first-order chi connectivity index (χ1) is 7.45. The summed E-state index contributed by atoms with van der Waals surface area (Å²) in [4.78, 5) is 4.16. The number of nitrogens with zero attached hydrogens (tertiary/aromatic N) is 1. The first kappa shape index (κ1) is 12.9. The van der Waals surface area contributed by atoms with E-state index in [1.54, 1.807) is 6.07 Å². The summed E-state index contributed by atoms with van der Waals surface area (Å²) in [6.45, 7) is 2.39. The van der Waals surface area contributed by atoms with Crippen molar-refractivity contribution in [2.75, 3.05) is 24.7 Å². The van der Waals surface area contributed by atoms with Gasteiger partial charge in [-0.25, -0.2) is 13.4 Å². The second-order valence-corrected chi connectivity index (χ2v) is 5.78. The molecule has 0 amide bonds. The Balaban J connectivity index is 2.88. The molecular weight excluding hydrogens is 228 g/mol. The Morgan fingerprint density at radius 2 is 2.25 bits per heavy atom.